The molecule has 1 saturated heterocycles. The number of aliphatic hydroxyl groups is 5. The zero-order valence-electron chi connectivity index (χ0n) is 15.5. The minimum absolute atomic E-state index is 0.0384. The number of ether oxygens (including phenoxy) is 2. The van der Waals surface area contributed by atoms with E-state index in [1.54, 1.807) is 0 Å². The molecule has 1 fully saturated rings. The lowest BCUT2D eigenvalue weighted by Gasteiger charge is -2.43. The van der Waals surface area contributed by atoms with Crippen molar-refractivity contribution in [3.8, 4) is 0 Å². The summed E-state index contributed by atoms with van der Waals surface area (Å²) >= 11 is 0. The molecule has 0 bridgehead atoms. The van der Waals surface area contributed by atoms with Crippen LogP contribution in [0.1, 0.15) is 71.1 Å². The lowest BCUT2D eigenvalue weighted by molar-refractivity contribution is -0.434. The number of carbonyl (C=O) groups excluding carboxylic acids is 1. The first-order valence-electron chi connectivity index (χ1n) is 9.62. The van der Waals surface area contributed by atoms with Crippen LogP contribution in [-0.2, 0) is 14.3 Å². The Labute approximate surface area is 154 Å². The highest BCUT2D eigenvalue weighted by Crippen LogP contribution is 2.29. The van der Waals surface area contributed by atoms with Gasteiger partial charge in [0.1, 0.15) is 18.3 Å². The Morgan fingerprint density at radius 2 is 1.50 bits per heavy atom. The Balaban J connectivity index is 2.27. The van der Waals surface area contributed by atoms with Crippen molar-refractivity contribution in [2.75, 3.05) is 6.61 Å². The predicted molar refractivity (Wildman–Crippen MR) is 92.9 cm³/mol. The largest absolute Gasteiger partial charge is 0.406 e. The lowest BCUT2D eigenvalue weighted by atomic mass is 9.98. The zero-order valence-corrected chi connectivity index (χ0v) is 15.5. The van der Waals surface area contributed by atoms with Crippen LogP contribution in [0.2, 0.25) is 0 Å². The van der Waals surface area contributed by atoms with Gasteiger partial charge in [-0.15, -0.1) is 0 Å². The van der Waals surface area contributed by atoms with Gasteiger partial charge >= 0.3 is 11.9 Å². The molecule has 0 unspecified atom stereocenters. The van der Waals surface area contributed by atoms with E-state index in [0.29, 0.717) is 6.42 Å². The van der Waals surface area contributed by atoms with Gasteiger partial charge in [0.2, 0.25) is 0 Å². The first kappa shape index (κ1) is 23.3. The van der Waals surface area contributed by atoms with E-state index >= 15 is 0 Å². The van der Waals surface area contributed by atoms with Crippen LogP contribution in [0.25, 0.3) is 0 Å². The standard InChI is InChI=1S/C18H34O8/c1-2-3-4-5-6-7-8-9-10-11-14(20)26-18(24)17(23)16(22)15(21)13(12-19)25-18/h13,15-17,19,21-24H,2-12H2,1H3/t13-,15-,16+,17-,18-/m1/s1. The van der Waals surface area contributed by atoms with Gasteiger partial charge in [-0.05, 0) is 6.42 Å². The normalized spacial score (nSPS) is 31.8. The van der Waals surface area contributed by atoms with Gasteiger partial charge in [0.15, 0.2) is 6.10 Å². The molecule has 5 N–H and O–H groups in total. The van der Waals surface area contributed by atoms with Crippen LogP contribution < -0.4 is 0 Å². The van der Waals surface area contributed by atoms with Crippen molar-refractivity contribution in [1.29, 1.82) is 0 Å². The molecule has 0 spiro atoms. The molecular weight excluding hydrogens is 344 g/mol. The minimum Gasteiger partial charge on any atom is -0.406 e. The molecule has 0 radical (unpaired) electrons. The second-order valence-electron chi connectivity index (χ2n) is 6.95. The molecule has 1 aliphatic rings. The van der Waals surface area contributed by atoms with Crippen molar-refractivity contribution in [1.82, 2.24) is 0 Å². The minimum atomic E-state index is -2.79. The summed E-state index contributed by atoms with van der Waals surface area (Å²) in [5, 5.41) is 48.4. The highest BCUT2D eigenvalue weighted by Gasteiger charge is 2.55. The molecule has 26 heavy (non-hydrogen) atoms. The monoisotopic (exact) mass is 378 g/mol. The number of rotatable bonds is 12. The van der Waals surface area contributed by atoms with Crippen LogP contribution in [0.15, 0.2) is 0 Å². The molecule has 0 aliphatic carbocycles. The quantitative estimate of drug-likeness (QED) is 0.189. The molecule has 0 amide bonds. The highest BCUT2D eigenvalue weighted by atomic mass is 16.8. The SMILES string of the molecule is CCCCCCCCCCCC(=O)O[C@]1(O)O[C@H](CO)[C@@H](O)[C@H](O)[C@H]1O. The van der Waals surface area contributed by atoms with Gasteiger partial charge < -0.3 is 35.0 Å². The van der Waals surface area contributed by atoms with Gasteiger partial charge in [-0.3, -0.25) is 4.79 Å². The molecule has 0 aromatic heterocycles. The van der Waals surface area contributed by atoms with E-state index in [4.69, 9.17) is 14.6 Å². The Bertz CT molecular complexity index is 403. The summed E-state index contributed by atoms with van der Waals surface area (Å²) in [7, 11) is 0. The van der Waals surface area contributed by atoms with E-state index in [1.165, 1.54) is 32.1 Å². The molecule has 1 aliphatic heterocycles. The smallest absolute Gasteiger partial charge is 0.357 e. The van der Waals surface area contributed by atoms with E-state index in [1.807, 2.05) is 0 Å². The van der Waals surface area contributed by atoms with Crippen LogP contribution in [0.5, 0.6) is 0 Å². The second-order valence-corrected chi connectivity index (χ2v) is 6.95. The lowest BCUT2D eigenvalue weighted by Crippen LogP contribution is -2.66. The van der Waals surface area contributed by atoms with E-state index < -0.39 is 43.0 Å². The average Bonchev–Trinajstić information content (AvgIpc) is 2.62. The Hall–Kier alpha value is -0.770. The molecular formula is C18H34O8. The van der Waals surface area contributed by atoms with Crippen molar-refractivity contribution >= 4 is 5.97 Å². The molecule has 0 aromatic carbocycles. The summed E-state index contributed by atoms with van der Waals surface area (Å²) in [4.78, 5) is 11.9. The number of aliphatic hydroxyl groups excluding tert-OH is 4. The van der Waals surface area contributed by atoms with Crippen molar-refractivity contribution < 1.29 is 39.8 Å². The Morgan fingerprint density at radius 1 is 0.962 bits per heavy atom. The third-order valence-electron chi connectivity index (χ3n) is 4.67. The number of carbonyl (C=O) groups is 1. The van der Waals surface area contributed by atoms with E-state index in [-0.39, 0.29) is 6.42 Å². The highest BCUT2D eigenvalue weighted by molar-refractivity contribution is 5.69. The number of hydrogen-bond acceptors (Lipinski definition) is 8. The summed E-state index contributed by atoms with van der Waals surface area (Å²) in [5.74, 6) is -3.57. The summed E-state index contributed by atoms with van der Waals surface area (Å²) in [6.45, 7) is 1.46. The summed E-state index contributed by atoms with van der Waals surface area (Å²) in [6, 6.07) is 0. The molecule has 1 rings (SSSR count). The predicted octanol–water partition coefficient (Wildman–Crippen LogP) is 0.570. The Morgan fingerprint density at radius 3 is 2.04 bits per heavy atom. The van der Waals surface area contributed by atoms with Gasteiger partial charge in [-0.2, -0.15) is 0 Å². The molecule has 8 nitrogen and oxygen atoms in total. The second kappa shape index (κ2) is 11.8. The maximum absolute atomic E-state index is 11.9. The summed E-state index contributed by atoms with van der Waals surface area (Å²) < 4.78 is 9.66. The fourth-order valence-electron chi connectivity index (χ4n) is 3.00. The van der Waals surface area contributed by atoms with Crippen molar-refractivity contribution in [3.63, 3.8) is 0 Å². The van der Waals surface area contributed by atoms with Crippen LogP contribution in [0.4, 0.5) is 0 Å². The van der Waals surface area contributed by atoms with Crippen molar-refractivity contribution in [2.45, 2.75) is 102 Å². The van der Waals surface area contributed by atoms with Crippen LogP contribution in [-0.4, -0.2) is 68.5 Å². The van der Waals surface area contributed by atoms with Gasteiger partial charge in [-0.1, -0.05) is 58.3 Å². The zero-order chi connectivity index (χ0) is 19.6. The third-order valence-corrected chi connectivity index (χ3v) is 4.67. The van der Waals surface area contributed by atoms with E-state index in [2.05, 4.69) is 6.92 Å². The van der Waals surface area contributed by atoms with Crippen LogP contribution in [0.3, 0.4) is 0 Å². The van der Waals surface area contributed by atoms with Gasteiger partial charge in [0.25, 0.3) is 0 Å². The fourth-order valence-corrected chi connectivity index (χ4v) is 3.00. The molecule has 5 atom stereocenters. The molecule has 0 saturated carbocycles. The maximum Gasteiger partial charge on any atom is 0.357 e. The van der Waals surface area contributed by atoms with Gasteiger partial charge in [0.05, 0.1) is 6.61 Å². The number of esters is 1. The average molecular weight is 378 g/mol. The third kappa shape index (κ3) is 7.09. The molecule has 8 heteroatoms. The molecule has 154 valence electrons. The first-order chi connectivity index (χ1) is 12.4. The van der Waals surface area contributed by atoms with E-state index in [9.17, 15) is 25.2 Å². The molecule has 1 heterocycles. The van der Waals surface area contributed by atoms with Crippen molar-refractivity contribution in [2.24, 2.45) is 0 Å². The topological polar surface area (TPSA) is 137 Å². The van der Waals surface area contributed by atoms with Crippen LogP contribution >= 0.6 is 0 Å². The maximum atomic E-state index is 11.9. The first-order valence-corrected chi connectivity index (χ1v) is 9.62. The Kier molecular flexibility index (Phi) is 10.6. The van der Waals surface area contributed by atoms with Crippen molar-refractivity contribution in [3.05, 3.63) is 0 Å². The van der Waals surface area contributed by atoms with Gasteiger partial charge in [-0.25, -0.2) is 0 Å². The summed E-state index contributed by atoms with van der Waals surface area (Å²) in [5.41, 5.74) is 0. The van der Waals surface area contributed by atoms with Gasteiger partial charge in [0, 0.05) is 6.42 Å². The number of hydrogen-bond donors (Lipinski definition) is 5. The van der Waals surface area contributed by atoms with Crippen LogP contribution in [0, 0.1) is 0 Å². The summed E-state index contributed by atoms with van der Waals surface area (Å²) in [6.07, 6.45) is 2.95. The fraction of sp³-hybridized carbons (Fsp3) is 0.944. The number of unbranched alkanes of at least 4 members (excludes halogenated alkanes) is 8. The van der Waals surface area contributed by atoms with E-state index in [0.717, 1.165) is 19.3 Å². The molecule has 0 aromatic rings.